The molecule has 1 aliphatic rings. The highest BCUT2D eigenvalue weighted by molar-refractivity contribution is 7.89. The van der Waals surface area contributed by atoms with Crippen molar-refractivity contribution in [2.75, 3.05) is 31.1 Å². The van der Waals surface area contributed by atoms with Gasteiger partial charge < -0.3 is 10.0 Å². The van der Waals surface area contributed by atoms with E-state index in [-0.39, 0.29) is 43.3 Å². The Morgan fingerprint density at radius 2 is 1.80 bits per heavy atom. The Balaban J connectivity index is 1.75. The van der Waals surface area contributed by atoms with Gasteiger partial charge in [-0.1, -0.05) is 6.07 Å². The fraction of sp³-hybridized carbons (Fsp3) is 0.368. The monoisotopic (exact) mass is 443 g/mol. The molecule has 0 aliphatic carbocycles. The first kappa shape index (κ1) is 22.0. The quantitative estimate of drug-likeness (QED) is 0.764. The van der Waals surface area contributed by atoms with Crippen LogP contribution >= 0.6 is 0 Å². The minimum absolute atomic E-state index is 0.00464. The molecule has 0 bridgehead atoms. The number of aryl methyl sites for hydroxylation is 1. The fourth-order valence-corrected chi connectivity index (χ4v) is 4.71. The second-order valence-corrected chi connectivity index (χ2v) is 8.89. The Morgan fingerprint density at radius 1 is 1.13 bits per heavy atom. The van der Waals surface area contributed by atoms with Gasteiger partial charge in [-0.25, -0.2) is 13.4 Å². The van der Waals surface area contributed by atoms with Crippen LogP contribution in [0.25, 0.3) is 0 Å². The molecule has 0 amide bonds. The van der Waals surface area contributed by atoms with Crippen LogP contribution in [0.15, 0.2) is 41.4 Å². The van der Waals surface area contributed by atoms with Gasteiger partial charge >= 0.3 is 12.1 Å². The summed E-state index contributed by atoms with van der Waals surface area (Å²) in [4.78, 5) is 16.6. The van der Waals surface area contributed by atoms with Crippen molar-refractivity contribution in [1.29, 1.82) is 0 Å². The number of aromatic nitrogens is 1. The molecular formula is C19H20F3N3O4S. The lowest BCUT2D eigenvalue weighted by atomic mass is 10.1. The first-order valence-corrected chi connectivity index (χ1v) is 10.5. The SMILES string of the molecule is Cc1ccc(S(=O)(=O)N2CCN(c3cc(C(F)(F)F)ccn3)CC2)cc1CC(=O)O. The molecule has 0 radical (unpaired) electrons. The molecule has 7 nitrogen and oxygen atoms in total. The number of piperazine rings is 1. The highest BCUT2D eigenvalue weighted by Gasteiger charge is 2.33. The van der Waals surface area contributed by atoms with E-state index in [0.29, 0.717) is 11.1 Å². The third-order valence-electron chi connectivity index (χ3n) is 4.94. The molecule has 1 aromatic heterocycles. The minimum Gasteiger partial charge on any atom is -0.481 e. The number of hydrogen-bond donors (Lipinski definition) is 1. The van der Waals surface area contributed by atoms with Crippen molar-refractivity contribution in [2.24, 2.45) is 0 Å². The highest BCUT2D eigenvalue weighted by atomic mass is 32.2. The van der Waals surface area contributed by atoms with E-state index in [1.165, 1.54) is 16.4 Å². The van der Waals surface area contributed by atoms with Crippen LogP contribution in [0.1, 0.15) is 16.7 Å². The van der Waals surface area contributed by atoms with Crippen LogP contribution in [0, 0.1) is 6.92 Å². The van der Waals surface area contributed by atoms with Gasteiger partial charge in [0.15, 0.2) is 0 Å². The normalized spacial score (nSPS) is 15.9. The molecule has 0 saturated carbocycles. The number of sulfonamides is 1. The maximum absolute atomic E-state index is 13.0. The van der Waals surface area contributed by atoms with Crippen molar-refractivity contribution < 1.29 is 31.5 Å². The molecule has 0 unspecified atom stereocenters. The zero-order valence-electron chi connectivity index (χ0n) is 16.1. The zero-order valence-corrected chi connectivity index (χ0v) is 16.9. The maximum atomic E-state index is 13.0. The van der Waals surface area contributed by atoms with E-state index in [2.05, 4.69) is 4.98 Å². The molecule has 30 heavy (non-hydrogen) atoms. The van der Waals surface area contributed by atoms with Crippen LogP contribution in [0.5, 0.6) is 0 Å². The standard InChI is InChI=1S/C19H20F3N3O4S/c1-13-2-3-16(10-14(13)11-18(26)27)30(28,29)25-8-6-24(7-9-25)17-12-15(4-5-23-17)19(20,21)22/h2-5,10,12H,6-9,11H2,1H3,(H,26,27). The molecular weight excluding hydrogens is 423 g/mol. The summed E-state index contributed by atoms with van der Waals surface area (Å²) in [5, 5.41) is 9.00. The second kappa shape index (κ2) is 8.23. The molecule has 0 spiro atoms. The van der Waals surface area contributed by atoms with E-state index >= 15 is 0 Å². The lowest BCUT2D eigenvalue weighted by molar-refractivity contribution is -0.138. The van der Waals surface area contributed by atoms with Gasteiger partial charge in [0.1, 0.15) is 5.82 Å². The predicted molar refractivity (Wildman–Crippen MR) is 103 cm³/mol. The van der Waals surface area contributed by atoms with E-state index in [0.717, 1.165) is 18.3 Å². The average Bonchev–Trinajstić information content (AvgIpc) is 2.69. The van der Waals surface area contributed by atoms with E-state index in [4.69, 9.17) is 5.11 Å². The zero-order chi connectivity index (χ0) is 22.1. The number of halogens is 3. The third-order valence-corrected chi connectivity index (χ3v) is 6.83. The van der Waals surface area contributed by atoms with Crippen LogP contribution in [0.3, 0.4) is 0 Å². The summed E-state index contributed by atoms with van der Waals surface area (Å²) < 4.78 is 65.9. The average molecular weight is 443 g/mol. The van der Waals surface area contributed by atoms with Gasteiger partial charge in [-0.3, -0.25) is 4.79 Å². The number of benzene rings is 1. The smallest absolute Gasteiger partial charge is 0.416 e. The number of aliphatic carboxylic acids is 1. The fourth-order valence-electron chi connectivity index (χ4n) is 3.24. The number of carboxylic acids is 1. The Bertz CT molecular complexity index is 1050. The Hall–Kier alpha value is -2.66. The largest absolute Gasteiger partial charge is 0.481 e. The van der Waals surface area contributed by atoms with Gasteiger partial charge in [0, 0.05) is 32.4 Å². The lowest BCUT2D eigenvalue weighted by Crippen LogP contribution is -2.49. The van der Waals surface area contributed by atoms with E-state index in [9.17, 15) is 26.4 Å². The number of pyridine rings is 1. The maximum Gasteiger partial charge on any atom is 0.416 e. The summed E-state index contributed by atoms with van der Waals surface area (Å²) in [5.74, 6) is -0.921. The Labute approximate surface area is 171 Å². The summed E-state index contributed by atoms with van der Waals surface area (Å²) in [5.41, 5.74) is 0.278. The number of nitrogens with zero attached hydrogens (tertiary/aromatic N) is 3. The molecule has 2 aromatic rings. The Kier molecular flexibility index (Phi) is 6.04. The summed E-state index contributed by atoms with van der Waals surface area (Å²) >= 11 is 0. The molecule has 3 rings (SSSR count). The van der Waals surface area contributed by atoms with Crippen molar-refractivity contribution in [2.45, 2.75) is 24.4 Å². The number of anilines is 1. The first-order chi connectivity index (χ1) is 14.0. The number of rotatable bonds is 5. The minimum atomic E-state index is -4.48. The van der Waals surface area contributed by atoms with E-state index in [1.807, 2.05) is 0 Å². The van der Waals surface area contributed by atoms with Crippen LogP contribution in [-0.2, 0) is 27.4 Å². The van der Waals surface area contributed by atoms with Crippen molar-refractivity contribution in [3.8, 4) is 0 Å². The first-order valence-electron chi connectivity index (χ1n) is 9.08. The van der Waals surface area contributed by atoms with E-state index in [1.54, 1.807) is 17.9 Å². The number of alkyl halides is 3. The van der Waals surface area contributed by atoms with Gasteiger partial charge in [0.05, 0.1) is 16.9 Å². The van der Waals surface area contributed by atoms with E-state index < -0.39 is 27.7 Å². The van der Waals surface area contributed by atoms with Crippen LogP contribution in [0.4, 0.5) is 19.0 Å². The van der Waals surface area contributed by atoms with Crippen LogP contribution in [0.2, 0.25) is 0 Å². The summed E-state index contributed by atoms with van der Waals surface area (Å²) in [6, 6.07) is 6.18. The molecule has 162 valence electrons. The summed E-state index contributed by atoms with van der Waals surface area (Å²) in [6.45, 7) is 2.21. The highest BCUT2D eigenvalue weighted by Crippen LogP contribution is 2.31. The van der Waals surface area contributed by atoms with Crippen molar-refractivity contribution >= 4 is 21.8 Å². The second-order valence-electron chi connectivity index (χ2n) is 6.95. The molecule has 1 aliphatic heterocycles. The molecule has 11 heteroatoms. The molecule has 2 heterocycles. The van der Waals surface area contributed by atoms with Crippen molar-refractivity contribution in [3.63, 3.8) is 0 Å². The summed E-state index contributed by atoms with van der Waals surface area (Å²) in [6.07, 6.45) is -3.69. The van der Waals surface area contributed by atoms with Crippen molar-refractivity contribution in [3.05, 3.63) is 53.2 Å². The van der Waals surface area contributed by atoms with Gasteiger partial charge in [0.2, 0.25) is 10.0 Å². The van der Waals surface area contributed by atoms with Crippen LogP contribution in [-0.4, -0.2) is 55.0 Å². The summed E-state index contributed by atoms with van der Waals surface area (Å²) in [7, 11) is -3.86. The predicted octanol–water partition coefficient (Wildman–Crippen LogP) is 2.55. The number of carbonyl (C=O) groups is 1. The third kappa shape index (κ3) is 4.73. The van der Waals surface area contributed by atoms with Crippen molar-refractivity contribution in [1.82, 2.24) is 9.29 Å². The molecule has 1 saturated heterocycles. The topological polar surface area (TPSA) is 90.8 Å². The number of hydrogen-bond acceptors (Lipinski definition) is 5. The molecule has 0 atom stereocenters. The molecule has 1 aromatic carbocycles. The molecule has 1 fully saturated rings. The van der Waals surface area contributed by atoms with Crippen LogP contribution < -0.4 is 4.90 Å². The van der Waals surface area contributed by atoms with Gasteiger partial charge in [-0.15, -0.1) is 0 Å². The number of carboxylic acid groups (broad SMARTS) is 1. The lowest BCUT2D eigenvalue weighted by Gasteiger charge is -2.35. The van der Waals surface area contributed by atoms with Gasteiger partial charge in [0.25, 0.3) is 0 Å². The molecule has 1 N–H and O–H groups in total. The van der Waals surface area contributed by atoms with Gasteiger partial charge in [-0.2, -0.15) is 17.5 Å². The van der Waals surface area contributed by atoms with Gasteiger partial charge in [-0.05, 0) is 42.3 Å². The Morgan fingerprint density at radius 3 is 2.40 bits per heavy atom.